The normalized spacial score (nSPS) is 11.5. The molecular formula is C18H17N3O3S. The van der Waals surface area contributed by atoms with Crippen molar-refractivity contribution in [3.8, 4) is 0 Å². The first-order valence-electron chi connectivity index (χ1n) is 7.66. The molecule has 25 heavy (non-hydrogen) atoms. The predicted molar refractivity (Wildman–Crippen MR) is 97.5 cm³/mol. The van der Waals surface area contributed by atoms with E-state index < -0.39 is 5.97 Å². The van der Waals surface area contributed by atoms with E-state index in [1.165, 1.54) is 17.4 Å². The van der Waals surface area contributed by atoms with Gasteiger partial charge >= 0.3 is 5.97 Å². The average Bonchev–Trinajstić information content (AvgIpc) is 2.95. The summed E-state index contributed by atoms with van der Waals surface area (Å²) in [4.78, 5) is 32.2. The molecule has 0 unspecified atom stereocenters. The number of fused-ring (bicyclic) bond motifs is 1. The van der Waals surface area contributed by atoms with Crippen LogP contribution >= 0.6 is 11.3 Å². The number of carboxylic acid groups (broad SMARTS) is 1. The molecule has 3 aromatic rings. The van der Waals surface area contributed by atoms with E-state index in [1.807, 2.05) is 20.8 Å². The minimum absolute atomic E-state index is 0.153. The molecule has 0 aliphatic rings. The number of carboxylic acids is 1. The van der Waals surface area contributed by atoms with Crippen molar-refractivity contribution in [1.82, 2.24) is 9.97 Å². The standard InChI is InChI=1S/C18H17N3O3S/c1-18(2,3)14-9-10(6-7-19-14)15(22)21-17-20-12-5-4-11(16(23)24)8-13(12)25-17/h4-9H,1-3H3,(H,23,24)(H,20,21,22). The first-order chi connectivity index (χ1) is 11.7. The third-order valence-corrected chi connectivity index (χ3v) is 4.58. The van der Waals surface area contributed by atoms with E-state index in [0.717, 1.165) is 5.69 Å². The molecule has 1 amide bonds. The molecule has 3 rings (SSSR count). The van der Waals surface area contributed by atoms with Gasteiger partial charge in [-0.05, 0) is 30.3 Å². The Kier molecular flexibility index (Phi) is 4.26. The lowest BCUT2D eigenvalue weighted by Gasteiger charge is -2.17. The van der Waals surface area contributed by atoms with E-state index in [0.29, 0.717) is 20.9 Å². The van der Waals surface area contributed by atoms with Crippen LogP contribution in [0.1, 0.15) is 47.2 Å². The number of hydrogen-bond donors (Lipinski definition) is 2. The number of benzene rings is 1. The molecular weight excluding hydrogens is 338 g/mol. The molecule has 6 nitrogen and oxygen atoms in total. The monoisotopic (exact) mass is 355 g/mol. The highest BCUT2D eigenvalue weighted by Gasteiger charge is 2.18. The molecule has 0 radical (unpaired) electrons. The lowest BCUT2D eigenvalue weighted by atomic mass is 9.91. The second kappa shape index (κ2) is 6.25. The Morgan fingerprint density at radius 1 is 1.12 bits per heavy atom. The number of nitrogens with one attached hydrogen (secondary N) is 1. The molecule has 1 aromatic carbocycles. The molecule has 0 bridgehead atoms. The van der Waals surface area contributed by atoms with Gasteiger partial charge in [0, 0.05) is 22.9 Å². The Morgan fingerprint density at radius 3 is 2.56 bits per heavy atom. The number of aromatic nitrogens is 2. The van der Waals surface area contributed by atoms with E-state index in [9.17, 15) is 9.59 Å². The summed E-state index contributed by atoms with van der Waals surface area (Å²) in [6.07, 6.45) is 1.62. The van der Waals surface area contributed by atoms with E-state index in [4.69, 9.17) is 5.11 Å². The summed E-state index contributed by atoms with van der Waals surface area (Å²) in [5, 5.41) is 12.2. The molecule has 2 N–H and O–H groups in total. The lowest BCUT2D eigenvalue weighted by molar-refractivity contribution is 0.0697. The van der Waals surface area contributed by atoms with Crippen molar-refractivity contribution in [3.05, 3.63) is 53.3 Å². The van der Waals surface area contributed by atoms with Gasteiger partial charge in [0.25, 0.3) is 5.91 Å². The van der Waals surface area contributed by atoms with Gasteiger partial charge in [-0.15, -0.1) is 0 Å². The molecule has 0 aliphatic carbocycles. The van der Waals surface area contributed by atoms with Crippen molar-refractivity contribution in [1.29, 1.82) is 0 Å². The van der Waals surface area contributed by atoms with E-state index in [2.05, 4.69) is 15.3 Å². The lowest BCUT2D eigenvalue weighted by Crippen LogP contribution is -2.17. The summed E-state index contributed by atoms with van der Waals surface area (Å²) >= 11 is 1.24. The number of thiazole rings is 1. The molecule has 0 aliphatic heterocycles. The van der Waals surface area contributed by atoms with Crippen molar-refractivity contribution >= 4 is 38.6 Å². The highest BCUT2D eigenvalue weighted by Crippen LogP contribution is 2.27. The van der Waals surface area contributed by atoms with Crippen LogP contribution in [0.25, 0.3) is 10.2 Å². The van der Waals surface area contributed by atoms with Crippen LogP contribution in [0.4, 0.5) is 5.13 Å². The van der Waals surface area contributed by atoms with Crippen LogP contribution in [0.5, 0.6) is 0 Å². The Bertz CT molecular complexity index is 973. The summed E-state index contributed by atoms with van der Waals surface area (Å²) < 4.78 is 0.709. The second-order valence-electron chi connectivity index (χ2n) is 6.64. The number of aromatic carboxylic acids is 1. The van der Waals surface area contributed by atoms with Gasteiger partial charge in [0.1, 0.15) is 0 Å². The smallest absolute Gasteiger partial charge is 0.335 e. The minimum atomic E-state index is -0.993. The van der Waals surface area contributed by atoms with Gasteiger partial charge < -0.3 is 5.11 Å². The third kappa shape index (κ3) is 3.66. The molecule has 2 aromatic heterocycles. The SMILES string of the molecule is CC(C)(C)c1cc(C(=O)Nc2nc3ccc(C(=O)O)cc3s2)ccn1. The first kappa shape index (κ1) is 17.0. The van der Waals surface area contributed by atoms with Gasteiger partial charge in [-0.25, -0.2) is 9.78 Å². The summed E-state index contributed by atoms with van der Waals surface area (Å²) in [5.41, 5.74) is 2.02. The summed E-state index contributed by atoms with van der Waals surface area (Å²) in [5.74, 6) is -1.27. The molecule has 0 saturated heterocycles. The van der Waals surface area contributed by atoms with E-state index in [-0.39, 0.29) is 16.9 Å². The van der Waals surface area contributed by atoms with Crippen LogP contribution < -0.4 is 5.32 Å². The maximum absolute atomic E-state index is 12.5. The summed E-state index contributed by atoms with van der Waals surface area (Å²) in [6, 6.07) is 8.10. The van der Waals surface area contributed by atoms with Crippen molar-refractivity contribution < 1.29 is 14.7 Å². The number of amides is 1. The fourth-order valence-corrected chi connectivity index (χ4v) is 3.16. The van der Waals surface area contributed by atoms with Crippen LogP contribution in [0, 0.1) is 0 Å². The minimum Gasteiger partial charge on any atom is -0.478 e. The maximum atomic E-state index is 12.5. The quantitative estimate of drug-likeness (QED) is 0.742. The molecule has 128 valence electrons. The first-order valence-corrected chi connectivity index (χ1v) is 8.47. The van der Waals surface area contributed by atoms with Gasteiger partial charge in [-0.1, -0.05) is 32.1 Å². The zero-order valence-corrected chi connectivity index (χ0v) is 14.8. The van der Waals surface area contributed by atoms with Gasteiger partial charge in [0.2, 0.25) is 0 Å². The van der Waals surface area contributed by atoms with E-state index in [1.54, 1.807) is 30.5 Å². The molecule has 0 saturated carbocycles. The molecule has 0 atom stereocenters. The zero-order valence-electron chi connectivity index (χ0n) is 14.0. The molecule has 0 spiro atoms. The fourth-order valence-electron chi connectivity index (χ4n) is 2.26. The third-order valence-electron chi connectivity index (χ3n) is 3.65. The van der Waals surface area contributed by atoms with Gasteiger partial charge in [0.15, 0.2) is 5.13 Å². The van der Waals surface area contributed by atoms with Crippen LogP contribution in [-0.4, -0.2) is 27.0 Å². The second-order valence-corrected chi connectivity index (χ2v) is 7.67. The number of pyridine rings is 1. The number of nitrogens with zero attached hydrogens (tertiary/aromatic N) is 2. The number of carbonyl (C=O) groups is 2. The van der Waals surface area contributed by atoms with Crippen molar-refractivity contribution in [2.75, 3.05) is 5.32 Å². The summed E-state index contributed by atoms with van der Waals surface area (Å²) in [7, 11) is 0. The average molecular weight is 355 g/mol. The number of anilines is 1. The molecule has 2 heterocycles. The molecule has 0 fully saturated rings. The van der Waals surface area contributed by atoms with Crippen LogP contribution in [0.3, 0.4) is 0 Å². The van der Waals surface area contributed by atoms with Crippen LogP contribution in [0.15, 0.2) is 36.5 Å². The predicted octanol–water partition coefficient (Wildman–Crippen LogP) is 3.94. The molecule has 7 heteroatoms. The number of hydrogen-bond acceptors (Lipinski definition) is 5. The number of rotatable bonds is 3. The number of carbonyl (C=O) groups excluding carboxylic acids is 1. The Hall–Kier alpha value is -2.80. The topological polar surface area (TPSA) is 92.2 Å². The van der Waals surface area contributed by atoms with Crippen LogP contribution in [-0.2, 0) is 5.41 Å². The highest BCUT2D eigenvalue weighted by molar-refractivity contribution is 7.22. The van der Waals surface area contributed by atoms with Gasteiger partial charge in [-0.2, -0.15) is 0 Å². The van der Waals surface area contributed by atoms with Gasteiger partial charge in [0.05, 0.1) is 15.8 Å². The highest BCUT2D eigenvalue weighted by atomic mass is 32.1. The van der Waals surface area contributed by atoms with Gasteiger partial charge in [-0.3, -0.25) is 15.1 Å². The maximum Gasteiger partial charge on any atom is 0.335 e. The van der Waals surface area contributed by atoms with E-state index >= 15 is 0 Å². The van der Waals surface area contributed by atoms with Crippen molar-refractivity contribution in [2.24, 2.45) is 0 Å². The Morgan fingerprint density at radius 2 is 1.88 bits per heavy atom. The largest absolute Gasteiger partial charge is 0.478 e. The fraction of sp³-hybridized carbons (Fsp3) is 0.222. The Balaban J connectivity index is 1.86. The Labute approximate surface area is 148 Å². The summed E-state index contributed by atoms with van der Waals surface area (Å²) in [6.45, 7) is 6.10. The van der Waals surface area contributed by atoms with Crippen molar-refractivity contribution in [2.45, 2.75) is 26.2 Å². The zero-order chi connectivity index (χ0) is 18.2. The van der Waals surface area contributed by atoms with Crippen molar-refractivity contribution in [3.63, 3.8) is 0 Å². The van der Waals surface area contributed by atoms with Crippen LogP contribution in [0.2, 0.25) is 0 Å².